The summed E-state index contributed by atoms with van der Waals surface area (Å²) < 4.78 is 5.44. The van der Waals surface area contributed by atoms with Gasteiger partial charge in [0.25, 0.3) is 0 Å². The monoisotopic (exact) mass is 190 g/mol. The van der Waals surface area contributed by atoms with E-state index >= 15 is 0 Å². The van der Waals surface area contributed by atoms with Crippen molar-refractivity contribution in [2.75, 3.05) is 11.5 Å². The third-order valence-electron chi connectivity index (χ3n) is 1.84. The van der Waals surface area contributed by atoms with Crippen LogP contribution in [0.2, 0.25) is 0 Å². The first-order chi connectivity index (χ1) is 5.57. The van der Waals surface area contributed by atoms with Gasteiger partial charge in [-0.2, -0.15) is 11.8 Å². The van der Waals surface area contributed by atoms with Gasteiger partial charge in [0, 0.05) is 5.75 Å². The molecule has 1 N–H and O–H groups in total. The number of rotatable bonds is 3. The first kappa shape index (κ1) is 9.86. The van der Waals surface area contributed by atoms with Crippen molar-refractivity contribution in [1.82, 2.24) is 0 Å². The van der Waals surface area contributed by atoms with Crippen molar-refractivity contribution in [1.29, 1.82) is 0 Å². The molecule has 0 aromatic rings. The Morgan fingerprint density at radius 3 is 2.67 bits per heavy atom. The van der Waals surface area contributed by atoms with Gasteiger partial charge in [0.15, 0.2) is 5.60 Å². The van der Waals surface area contributed by atoms with Crippen LogP contribution < -0.4 is 0 Å². The van der Waals surface area contributed by atoms with Crippen LogP contribution in [0.4, 0.5) is 0 Å². The predicted octanol–water partition coefficient (Wildman–Crippen LogP) is 1.37. The Morgan fingerprint density at radius 2 is 2.33 bits per heavy atom. The van der Waals surface area contributed by atoms with Gasteiger partial charge in [-0.25, -0.2) is 4.79 Å². The summed E-state index contributed by atoms with van der Waals surface area (Å²) in [5.41, 5.74) is -0.904. The molecule has 0 radical (unpaired) electrons. The molecule has 1 aliphatic rings. The smallest absolute Gasteiger partial charge is 0.336 e. The summed E-state index contributed by atoms with van der Waals surface area (Å²) in [5.74, 6) is 0.653. The summed E-state index contributed by atoms with van der Waals surface area (Å²) in [5, 5.41) is 8.97. The third-order valence-corrected chi connectivity index (χ3v) is 3.00. The minimum atomic E-state index is -0.904. The third kappa shape index (κ3) is 1.93. The van der Waals surface area contributed by atoms with E-state index in [9.17, 15) is 4.79 Å². The Bertz CT molecular complexity index is 173. The number of carboxylic acids is 1. The van der Waals surface area contributed by atoms with Gasteiger partial charge >= 0.3 is 5.97 Å². The van der Waals surface area contributed by atoms with Crippen LogP contribution >= 0.6 is 11.8 Å². The summed E-state index contributed by atoms with van der Waals surface area (Å²) in [6.45, 7) is 3.74. The lowest BCUT2D eigenvalue weighted by Crippen LogP contribution is -2.43. The number of hydrogen-bond donors (Lipinski definition) is 1. The average molecular weight is 190 g/mol. The molecule has 1 aliphatic heterocycles. The number of carboxylic acid groups (broad SMARTS) is 1. The lowest BCUT2D eigenvalue weighted by Gasteiger charge is -2.25. The zero-order chi connectivity index (χ0) is 9.19. The van der Waals surface area contributed by atoms with Crippen LogP contribution in [0.5, 0.6) is 0 Å². The van der Waals surface area contributed by atoms with Crippen LogP contribution in [0.3, 0.4) is 0 Å². The van der Waals surface area contributed by atoms with E-state index in [0.717, 1.165) is 5.75 Å². The second-order valence-electron chi connectivity index (χ2n) is 3.27. The standard InChI is InChI=1S/C8H14O3S/c1-6(2)11-8(7(9)10)3-4-12-5-8/h6H,3-5H2,1-2H3,(H,9,10). The number of carbonyl (C=O) groups is 1. The first-order valence-corrected chi connectivity index (χ1v) is 5.21. The van der Waals surface area contributed by atoms with Crippen molar-refractivity contribution in [2.45, 2.75) is 32.0 Å². The van der Waals surface area contributed by atoms with Crippen molar-refractivity contribution in [3.63, 3.8) is 0 Å². The minimum Gasteiger partial charge on any atom is -0.479 e. The van der Waals surface area contributed by atoms with Crippen molar-refractivity contribution in [3.8, 4) is 0 Å². The zero-order valence-corrected chi connectivity index (χ0v) is 8.19. The maximum Gasteiger partial charge on any atom is 0.336 e. The molecule has 0 spiro atoms. The summed E-state index contributed by atoms with van der Waals surface area (Å²) in [6.07, 6.45) is 0.616. The van der Waals surface area contributed by atoms with Gasteiger partial charge in [-0.1, -0.05) is 0 Å². The maximum absolute atomic E-state index is 10.9. The Morgan fingerprint density at radius 1 is 1.67 bits per heavy atom. The van der Waals surface area contributed by atoms with E-state index in [4.69, 9.17) is 9.84 Å². The van der Waals surface area contributed by atoms with Crippen molar-refractivity contribution in [2.24, 2.45) is 0 Å². The molecule has 0 aliphatic carbocycles. The van der Waals surface area contributed by atoms with Gasteiger partial charge < -0.3 is 9.84 Å². The first-order valence-electron chi connectivity index (χ1n) is 4.06. The van der Waals surface area contributed by atoms with Crippen LogP contribution in [-0.4, -0.2) is 34.3 Å². The summed E-state index contributed by atoms with van der Waals surface area (Å²) in [4.78, 5) is 10.9. The SMILES string of the molecule is CC(C)OC1(C(=O)O)CCSC1. The zero-order valence-electron chi connectivity index (χ0n) is 7.37. The van der Waals surface area contributed by atoms with Gasteiger partial charge in [0.2, 0.25) is 0 Å². The molecule has 70 valence electrons. The van der Waals surface area contributed by atoms with Gasteiger partial charge in [-0.05, 0) is 26.0 Å². The van der Waals surface area contributed by atoms with Gasteiger partial charge in [0.1, 0.15) is 0 Å². The number of aliphatic carboxylic acids is 1. The summed E-state index contributed by atoms with van der Waals surface area (Å²) >= 11 is 1.65. The van der Waals surface area contributed by atoms with E-state index in [0.29, 0.717) is 12.2 Å². The Balaban J connectivity index is 2.65. The van der Waals surface area contributed by atoms with Gasteiger partial charge in [-0.3, -0.25) is 0 Å². The molecular weight excluding hydrogens is 176 g/mol. The quantitative estimate of drug-likeness (QED) is 0.730. The number of thioether (sulfide) groups is 1. The Kier molecular flexibility index (Phi) is 3.01. The Hall–Kier alpha value is -0.220. The maximum atomic E-state index is 10.9. The highest BCUT2D eigenvalue weighted by atomic mass is 32.2. The highest BCUT2D eigenvalue weighted by Gasteiger charge is 2.43. The second-order valence-corrected chi connectivity index (χ2v) is 4.37. The van der Waals surface area contributed by atoms with Gasteiger partial charge in [-0.15, -0.1) is 0 Å². The van der Waals surface area contributed by atoms with Crippen LogP contribution in [0.15, 0.2) is 0 Å². The van der Waals surface area contributed by atoms with Gasteiger partial charge in [0.05, 0.1) is 6.10 Å². The van der Waals surface area contributed by atoms with E-state index in [1.54, 1.807) is 11.8 Å². The molecule has 0 aromatic carbocycles. The molecular formula is C8H14O3S. The molecule has 1 saturated heterocycles. The molecule has 12 heavy (non-hydrogen) atoms. The topological polar surface area (TPSA) is 46.5 Å². The molecule has 1 unspecified atom stereocenters. The lowest BCUT2D eigenvalue weighted by molar-refractivity contribution is -0.167. The molecule has 4 heteroatoms. The highest BCUT2D eigenvalue weighted by Crippen LogP contribution is 2.32. The van der Waals surface area contributed by atoms with E-state index in [1.165, 1.54) is 0 Å². The second kappa shape index (κ2) is 3.66. The summed E-state index contributed by atoms with van der Waals surface area (Å²) in [6, 6.07) is 0. The van der Waals surface area contributed by atoms with Crippen LogP contribution in [0, 0.1) is 0 Å². The van der Waals surface area contributed by atoms with E-state index in [1.807, 2.05) is 13.8 Å². The molecule has 1 atom stereocenters. The van der Waals surface area contributed by atoms with Crippen molar-refractivity contribution < 1.29 is 14.6 Å². The van der Waals surface area contributed by atoms with E-state index in [-0.39, 0.29) is 6.10 Å². The fourth-order valence-electron chi connectivity index (χ4n) is 1.31. The number of hydrogen-bond acceptors (Lipinski definition) is 3. The Labute approximate surface area is 76.5 Å². The normalized spacial score (nSPS) is 29.6. The molecule has 0 amide bonds. The van der Waals surface area contributed by atoms with Crippen molar-refractivity contribution >= 4 is 17.7 Å². The van der Waals surface area contributed by atoms with Crippen LogP contribution in [0.1, 0.15) is 20.3 Å². The fraction of sp³-hybridized carbons (Fsp3) is 0.875. The van der Waals surface area contributed by atoms with Crippen LogP contribution in [-0.2, 0) is 9.53 Å². The summed E-state index contributed by atoms with van der Waals surface area (Å²) in [7, 11) is 0. The molecule has 0 aromatic heterocycles. The average Bonchev–Trinajstić information content (AvgIpc) is 2.35. The number of ether oxygens (including phenoxy) is 1. The molecule has 1 fully saturated rings. The van der Waals surface area contributed by atoms with Crippen LogP contribution in [0.25, 0.3) is 0 Å². The fourth-order valence-corrected chi connectivity index (χ4v) is 2.59. The predicted molar refractivity (Wildman–Crippen MR) is 48.5 cm³/mol. The lowest BCUT2D eigenvalue weighted by atomic mass is 10.0. The largest absolute Gasteiger partial charge is 0.479 e. The minimum absolute atomic E-state index is 0.0141. The van der Waals surface area contributed by atoms with Crippen molar-refractivity contribution in [3.05, 3.63) is 0 Å². The molecule has 1 heterocycles. The highest BCUT2D eigenvalue weighted by molar-refractivity contribution is 7.99. The molecule has 0 saturated carbocycles. The molecule has 1 rings (SSSR count). The van der Waals surface area contributed by atoms with E-state index in [2.05, 4.69) is 0 Å². The molecule has 0 bridgehead atoms. The molecule has 3 nitrogen and oxygen atoms in total. The van der Waals surface area contributed by atoms with E-state index < -0.39 is 11.6 Å².